The quantitative estimate of drug-likeness (QED) is 0.574. The first-order valence-electron chi connectivity index (χ1n) is 6.12. The lowest BCUT2D eigenvalue weighted by molar-refractivity contribution is 0.471. The predicted octanol–water partition coefficient (Wildman–Crippen LogP) is 3.93. The summed E-state index contributed by atoms with van der Waals surface area (Å²) in [5, 5.41) is 0. The molecule has 1 nitrogen and oxygen atoms in total. The first kappa shape index (κ1) is 13.6. The second-order valence-corrected chi connectivity index (χ2v) is 5.86. The molecule has 0 saturated heterocycles. The normalized spacial score (nSPS) is 13.0. The highest BCUT2D eigenvalue weighted by Gasteiger charge is 2.04. The summed E-state index contributed by atoms with van der Waals surface area (Å²) >= 11 is 1.93. The van der Waals surface area contributed by atoms with Crippen molar-refractivity contribution in [1.29, 1.82) is 0 Å². The van der Waals surface area contributed by atoms with Crippen LogP contribution >= 0.6 is 11.8 Å². The van der Waals surface area contributed by atoms with E-state index in [2.05, 4.69) is 44.2 Å². The van der Waals surface area contributed by atoms with Crippen molar-refractivity contribution in [3.8, 4) is 0 Å². The summed E-state index contributed by atoms with van der Waals surface area (Å²) < 4.78 is 0. The van der Waals surface area contributed by atoms with Gasteiger partial charge in [-0.3, -0.25) is 0 Å². The fourth-order valence-electron chi connectivity index (χ4n) is 1.78. The highest BCUT2D eigenvalue weighted by molar-refractivity contribution is 7.99. The summed E-state index contributed by atoms with van der Waals surface area (Å²) in [5.41, 5.74) is 6.04. The van der Waals surface area contributed by atoms with Crippen molar-refractivity contribution in [2.45, 2.75) is 44.0 Å². The van der Waals surface area contributed by atoms with Gasteiger partial charge in [-0.1, -0.05) is 32.0 Å². The van der Waals surface area contributed by atoms with Crippen LogP contribution in [0.4, 0.5) is 0 Å². The van der Waals surface area contributed by atoms with Gasteiger partial charge in [0.05, 0.1) is 0 Å². The minimum atomic E-state index is 0.386. The van der Waals surface area contributed by atoms with Gasteiger partial charge >= 0.3 is 0 Å². The van der Waals surface area contributed by atoms with Gasteiger partial charge in [-0.2, -0.15) is 0 Å². The number of hydrogen-bond donors (Lipinski definition) is 1. The second kappa shape index (κ2) is 7.75. The Balaban J connectivity index is 2.08. The van der Waals surface area contributed by atoms with Gasteiger partial charge in [0.25, 0.3) is 0 Å². The van der Waals surface area contributed by atoms with E-state index in [1.807, 2.05) is 11.8 Å². The van der Waals surface area contributed by atoms with Gasteiger partial charge < -0.3 is 5.73 Å². The van der Waals surface area contributed by atoms with Crippen LogP contribution in [0.15, 0.2) is 35.2 Å². The zero-order valence-corrected chi connectivity index (χ0v) is 11.2. The second-order valence-electron chi connectivity index (χ2n) is 4.69. The zero-order chi connectivity index (χ0) is 11.8. The van der Waals surface area contributed by atoms with Gasteiger partial charge in [-0.25, -0.2) is 0 Å². The molecule has 1 aromatic carbocycles. The SMILES string of the molecule is CC(C)CC(N)CCCSc1ccccc1. The van der Waals surface area contributed by atoms with Crippen LogP contribution in [-0.4, -0.2) is 11.8 Å². The molecule has 0 bridgehead atoms. The van der Waals surface area contributed by atoms with E-state index in [0.717, 1.165) is 18.8 Å². The van der Waals surface area contributed by atoms with Crippen LogP contribution in [0.1, 0.15) is 33.1 Å². The Kier molecular flexibility index (Phi) is 6.58. The lowest BCUT2D eigenvalue weighted by atomic mass is 10.0. The first-order valence-corrected chi connectivity index (χ1v) is 7.10. The monoisotopic (exact) mass is 237 g/mol. The zero-order valence-electron chi connectivity index (χ0n) is 10.4. The molecular formula is C14H23NS. The molecule has 1 unspecified atom stereocenters. The molecule has 1 rings (SSSR count). The van der Waals surface area contributed by atoms with Crippen LogP contribution in [0, 0.1) is 5.92 Å². The third-order valence-electron chi connectivity index (χ3n) is 2.51. The molecular weight excluding hydrogens is 214 g/mol. The first-order chi connectivity index (χ1) is 7.68. The Bertz CT molecular complexity index is 271. The van der Waals surface area contributed by atoms with Crippen LogP contribution in [-0.2, 0) is 0 Å². The summed E-state index contributed by atoms with van der Waals surface area (Å²) in [6.45, 7) is 4.47. The molecule has 0 aliphatic carbocycles. The van der Waals surface area contributed by atoms with Crippen molar-refractivity contribution in [1.82, 2.24) is 0 Å². The standard InChI is InChI=1S/C14H23NS/c1-12(2)11-13(15)7-6-10-16-14-8-4-3-5-9-14/h3-5,8-9,12-13H,6-7,10-11,15H2,1-2H3. The molecule has 0 aliphatic heterocycles. The molecule has 0 spiro atoms. The number of thioether (sulfide) groups is 1. The summed E-state index contributed by atoms with van der Waals surface area (Å²) in [6.07, 6.45) is 3.52. The molecule has 90 valence electrons. The van der Waals surface area contributed by atoms with Crippen molar-refractivity contribution in [3.05, 3.63) is 30.3 Å². The van der Waals surface area contributed by atoms with E-state index in [4.69, 9.17) is 5.73 Å². The number of hydrogen-bond acceptors (Lipinski definition) is 2. The Morgan fingerprint density at radius 2 is 1.88 bits per heavy atom. The molecule has 0 amide bonds. The van der Waals surface area contributed by atoms with Crippen molar-refractivity contribution >= 4 is 11.8 Å². The average molecular weight is 237 g/mol. The topological polar surface area (TPSA) is 26.0 Å². The molecule has 0 saturated carbocycles. The van der Waals surface area contributed by atoms with Gasteiger partial charge in [0, 0.05) is 10.9 Å². The summed E-state index contributed by atoms with van der Waals surface area (Å²) in [6, 6.07) is 11.0. The van der Waals surface area contributed by atoms with Crippen LogP contribution in [0.2, 0.25) is 0 Å². The molecule has 0 aliphatic rings. The molecule has 0 heterocycles. The van der Waals surface area contributed by atoms with Gasteiger partial charge in [0.1, 0.15) is 0 Å². The van der Waals surface area contributed by atoms with Crippen LogP contribution in [0.5, 0.6) is 0 Å². The fourth-order valence-corrected chi connectivity index (χ4v) is 2.67. The van der Waals surface area contributed by atoms with E-state index >= 15 is 0 Å². The molecule has 16 heavy (non-hydrogen) atoms. The molecule has 0 aromatic heterocycles. The number of rotatable bonds is 7. The molecule has 1 aromatic rings. The van der Waals surface area contributed by atoms with Crippen molar-refractivity contribution in [3.63, 3.8) is 0 Å². The van der Waals surface area contributed by atoms with E-state index in [1.54, 1.807) is 0 Å². The Labute approximate surface area is 104 Å². The highest BCUT2D eigenvalue weighted by atomic mass is 32.2. The Hall–Kier alpha value is -0.470. The number of benzene rings is 1. The van der Waals surface area contributed by atoms with Gasteiger partial charge in [-0.05, 0) is 43.1 Å². The maximum Gasteiger partial charge on any atom is 0.00719 e. The molecule has 0 fully saturated rings. The maximum atomic E-state index is 6.04. The van der Waals surface area contributed by atoms with Gasteiger partial charge in [0.15, 0.2) is 0 Å². The largest absolute Gasteiger partial charge is 0.328 e. The van der Waals surface area contributed by atoms with Gasteiger partial charge in [-0.15, -0.1) is 11.8 Å². The van der Waals surface area contributed by atoms with Crippen molar-refractivity contribution in [2.24, 2.45) is 11.7 Å². The number of nitrogens with two attached hydrogens (primary N) is 1. The molecule has 1 atom stereocenters. The van der Waals surface area contributed by atoms with Crippen LogP contribution < -0.4 is 5.73 Å². The summed E-state index contributed by atoms with van der Waals surface area (Å²) in [7, 11) is 0. The average Bonchev–Trinajstić information content (AvgIpc) is 2.25. The molecule has 2 N–H and O–H groups in total. The van der Waals surface area contributed by atoms with E-state index in [9.17, 15) is 0 Å². The lowest BCUT2D eigenvalue weighted by Gasteiger charge is -2.13. The van der Waals surface area contributed by atoms with Crippen molar-refractivity contribution < 1.29 is 0 Å². The van der Waals surface area contributed by atoms with E-state index in [-0.39, 0.29) is 0 Å². The predicted molar refractivity (Wildman–Crippen MR) is 73.8 cm³/mol. The van der Waals surface area contributed by atoms with E-state index in [0.29, 0.717) is 6.04 Å². The third kappa shape index (κ3) is 6.19. The lowest BCUT2D eigenvalue weighted by Crippen LogP contribution is -2.21. The fraction of sp³-hybridized carbons (Fsp3) is 0.571. The van der Waals surface area contributed by atoms with E-state index in [1.165, 1.54) is 17.1 Å². The summed E-state index contributed by atoms with van der Waals surface area (Å²) in [4.78, 5) is 1.36. The maximum absolute atomic E-state index is 6.04. The minimum absolute atomic E-state index is 0.386. The summed E-state index contributed by atoms with van der Waals surface area (Å²) in [5.74, 6) is 1.90. The van der Waals surface area contributed by atoms with Crippen molar-refractivity contribution in [2.75, 3.05) is 5.75 Å². The smallest absolute Gasteiger partial charge is 0.00719 e. The highest BCUT2D eigenvalue weighted by Crippen LogP contribution is 2.19. The Morgan fingerprint density at radius 1 is 1.19 bits per heavy atom. The third-order valence-corrected chi connectivity index (χ3v) is 3.60. The Morgan fingerprint density at radius 3 is 2.50 bits per heavy atom. The van der Waals surface area contributed by atoms with Crippen LogP contribution in [0.25, 0.3) is 0 Å². The molecule has 2 heteroatoms. The molecule has 0 radical (unpaired) electrons. The van der Waals surface area contributed by atoms with Crippen LogP contribution in [0.3, 0.4) is 0 Å². The van der Waals surface area contributed by atoms with E-state index < -0.39 is 0 Å². The minimum Gasteiger partial charge on any atom is -0.328 e. The van der Waals surface area contributed by atoms with Gasteiger partial charge in [0.2, 0.25) is 0 Å².